The van der Waals surface area contributed by atoms with E-state index in [9.17, 15) is 28.6 Å². The van der Waals surface area contributed by atoms with Crippen molar-refractivity contribution < 1.29 is 47.7 Å². The molecule has 1 fully saturated rings. The zero-order valence-electron chi connectivity index (χ0n) is 18.8. The van der Waals surface area contributed by atoms with Gasteiger partial charge in [0.1, 0.15) is 29.6 Å². The van der Waals surface area contributed by atoms with E-state index in [2.05, 4.69) is 15.3 Å². The predicted octanol–water partition coefficient (Wildman–Crippen LogP) is 1.70. The van der Waals surface area contributed by atoms with Crippen LogP contribution in [0.25, 0.3) is 11.2 Å². The van der Waals surface area contributed by atoms with Crippen LogP contribution in [0, 0.1) is 5.82 Å². The molecule has 1 unspecified atom stereocenters. The summed E-state index contributed by atoms with van der Waals surface area (Å²) >= 11 is 0. The number of benzene rings is 1. The third-order valence-corrected chi connectivity index (χ3v) is 9.08. The minimum atomic E-state index is -4.83. The number of imidazole rings is 1. The van der Waals surface area contributed by atoms with Crippen LogP contribution in [0.5, 0.6) is 0 Å². The molecular weight excluding hydrogens is 521 g/mol. The summed E-state index contributed by atoms with van der Waals surface area (Å²) in [5.41, 5.74) is 1.63. The van der Waals surface area contributed by atoms with E-state index in [0.29, 0.717) is 16.8 Å². The first-order valence-electron chi connectivity index (χ1n) is 10.7. The predicted molar refractivity (Wildman–Crippen MR) is 125 cm³/mol. The fourth-order valence-electron chi connectivity index (χ4n) is 3.93. The summed E-state index contributed by atoms with van der Waals surface area (Å²) in [5, 5.41) is 24.1. The molecule has 1 aliphatic heterocycles. The van der Waals surface area contributed by atoms with Gasteiger partial charge in [-0.15, -0.1) is 0 Å². The Balaban J connectivity index is 1.52. The normalized spacial score (nSPS) is 25.1. The van der Waals surface area contributed by atoms with Crippen LogP contribution in [-0.2, 0) is 18.4 Å². The molecule has 1 aromatic carbocycles. The Kier molecular flexibility index (Phi) is 7.63. The maximum Gasteiger partial charge on any atom is 0.340 e. The first-order chi connectivity index (χ1) is 16.9. The molecule has 6 atom stereocenters. The van der Waals surface area contributed by atoms with Crippen LogP contribution in [0.15, 0.2) is 42.9 Å². The molecule has 16 heteroatoms. The van der Waals surface area contributed by atoms with Gasteiger partial charge in [0, 0.05) is 11.8 Å². The molecule has 1 saturated heterocycles. The van der Waals surface area contributed by atoms with Gasteiger partial charge in [0.05, 0.1) is 24.7 Å². The zero-order valence-corrected chi connectivity index (χ0v) is 20.6. The van der Waals surface area contributed by atoms with Gasteiger partial charge in [0.2, 0.25) is 0 Å². The van der Waals surface area contributed by atoms with E-state index in [0.717, 1.165) is 0 Å². The number of fused-ring (bicyclic) bond motifs is 1. The zero-order chi connectivity index (χ0) is 26.3. The molecule has 2 aromatic heterocycles. The fraction of sp³-hybridized carbons (Fsp3) is 0.400. The Morgan fingerprint density at radius 1 is 1.17 bits per heavy atom. The molecule has 1 aliphatic rings. The van der Waals surface area contributed by atoms with E-state index < -0.39 is 58.3 Å². The molecule has 36 heavy (non-hydrogen) atoms. The number of pyridine rings is 1. The van der Waals surface area contributed by atoms with Gasteiger partial charge in [0.25, 0.3) is 0 Å². The monoisotopic (exact) mass is 546 g/mol. The van der Waals surface area contributed by atoms with Crippen LogP contribution in [0.1, 0.15) is 24.8 Å². The Morgan fingerprint density at radius 3 is 2.58 bits per heavy atom. The maximum absolute atomic E-state index is 14.2. The Bertz CT molecular complexity index is 1340. The highest BCUT2D eigenvalue weighted by Gasteiger charge is 2.45. The molecular formula is C20H25FN4O9P2. The minimum Gasteiger partial charge on any atom is -0.387 e. The van der Waals surface area contributed by atoms with Crippen molar-refractivity contribution in [1.82, 2.24) is 14.5 Å². The van der Waals surface area contributed by atoms with Gasteiger partial charge >= 0.3 is 15.2 Å². The van der Waals surface area contributed by atoms with Gasteiger partial charge in [-0.1, -0.05) is 18.2 Å². The molecule has 3 heterocycles. The van der Waals surface area contributed by atoms with Gasteiger partial charge in [-0.2, -0.15) is 0 Å². The Labute approximate surface area is 204 Å². The largest absolute Gasteiger partial charge is 0.387 e. The van der Waals surface area contributed by atoms with Crippen LogP contribution in [0.3, 0.4) is 0 Å². The lowest BCUT2D eigenvalue weighted by Crippen LogP contribution is -2.33. The van der Waals surface area contributed by atoms with E-state index in [1.54, 1.807) is 31.2 Å². The third kappa shape index (κ3) is 5.83. The summed E-state index contributed by atoms with van der Waals surface area (Å²) in [6.45, 7) is 1.06. The first-order valence-corrected chi connectivity index (χ1v) is 14.3. The van der Waals surface area contributed by atoms with Crippen LogP contribution in [0.2, 0.25) is 0 Å². The lowest BCUT2D eigenvalue weighted by atomic mass is 10.1. The summed E-state index contributed by atoms with van der Waals surface area (Å²) in [6, 6.07) is 7.56. The second kappa shape index (κ2) is 10.3. The van der Waals surface area contributed by atoms with E-state index in [1.165, 1.54) is 23.2 Å². The molecule has 4 rings (SSSR count). The SMILES string of the molecule is C[C@H](Nc1ccnc2c1ncn2[C@@H]1O[C@H](COP(=O)(O)CP(=O)(O)O)[C@@H](O)[C@H]1O)c1ccccc1F. The minimum absolute atomic E-state index is 0.271. The molecule has 13 nitrogen and oxygen atoms in total. The molecule has 3 aromatic rings. The Morgan fingerprint density at radius 2 is 1.89 bits per heavy atom. The van der Waals surface area contributed by atoms with E-state index in [1.807, 2.05) is 0 Å². The first kappa shape index (κ1) is 26.8. The van der Waals surface area contributed by atoms with Crippen LogP contribution in [-0.4, -0.2) is 70.3 Å². The third-order valence-electron chi connectivity index (χ3n) is 5.62. The summed E-state index contributed by atoms with van der Waals surface area (Å²) in [5.74, 6) is -1.77. The van der Waals surface area contributed by atoms with Gasteiger partial charge < -0.3 is 39.5 Å². The number of nitrogens with one attached hydrogen (secondary N) is 1. The molecule has 0 radical (unpaired) electrons. The maximum atomic E-state index is 14.2. The number of ether oxygens (including phenoxy) is 1. The van der Waals surface area contributed by atoms with E-state index >= 15 is 0 Å². The highest BCUT2D eigenvalue weighted by molar-refractivity contribution is 7.70. The molecule has 6 N–H and O–H groups in total. The van der Waals surface area contributed by atoms with Crippen molar-refractivity contribution in [2.45, 2.75) is 37.5 Å². The van der Waals surface area contributed by atoms with Crippen LogP contribution in [0.4, 0.5) is 10.1 Å². The number of anilines is 1. The number of aliphatic hydroxyl groups is 2. The Hall–Kier alpha value is -2.25. The number of aromatic nitrogens is 3. The molecule has 0 amide bonds. The molecule has 0 aliphatic carbocycles. The van der Waals surface area contributed by atoms with E-state index in [4.69, 9.17) is 19.0 Å². The van der Waals surface area contributed by atoms with Crippen molar-refractivity contribution in [2.75, 3.05) is 17.8 Å². The highest BCUT2D eigenvalue weighted by Crippen LogP contribution is 2.55. The fourth-order valence-corrected chi connectivity index (χ4v) is 6.50. The van der Waals surface area contributed by atoms with Gasteiger partial charge in [-0.3, -0.25) is 13.7 Å². The van der Waals surface area contributed by atoms with E-state index in [-0.39, 0.29) is 11.5 Å². The van der Waals surface area contributed by atoms with Crippen molar-refractivity contribution in [2.24, 2.45) is 0 Å². The van der Waals surface area contributed by atoms with Crippen molar-refractivity contribution in [1.29, 1.82) is 0 Å². The van der Waals surface area contributed by atoms with Crippen LogP contribution < -0.4 is 5.32 Å². The lowest BCUT2D eigenvalue weighted by Gasteiger charge is -2.18. The van der Waals surface area contributed by atoms with Gasteiger partial charge in [-0.25, -0.2) is 14.4 Å². The number of aliphatic hydroxyl groups excluding tert-OH is 2. The lowest BCUT2D eigenvalue weighted by molar-refractivity contribution is -0.0483. The van der Waals surface area contributed by atoms with Gasteiger partial charge in [0.15, 0.2) is 17.8 Å². The van der Waals surface area contributed by atoms with Crippen molar-refractivity contribution in [3.8, 4) is 0 Å². The molecule has 0 saturated carbocycles. The smallest absolute Gasteiger partial charge is 0.340 e. The second-order valence-electron chi connectivity index (χ2n) is 8.36. The highest BCUT2D eigenvalue weighted by atomic mass is 31.2. The summed E-state index contributed by atoms with van der Waals surface area (Å²) in [7, 11) is -9.51. The van der Waals surface area contributed by atoms with Crippen molar-refractivity contribution in [3.05, 3.63) is 54.2 Å². The van der Waals surface area contributed by atoms with Crippen LogP contribution >= 0.6 is 15.2 Å². The number of hydrogen-bond donors (Lipinski definition) is 6. The van der Waals surface area contributed by atoms with Crippen molar-refractivity contribution in [3.63, 3.8) is 0 Å². The second-order valence-corrected chi connectivity index (χ2v) is 12.3. The number of rotatable bonds is 9. The summed E-state index contributed by atoms with van der Waals surface area (Å²) < 4.78 is 48.8. The quantitative estimate of drug-likeness (QED) is 0.213. The number of hydrogen-bond acceptors (Lipinski definition) is 9. The standard InChI is InChI=1S/C20H25FN4O9P2/c1-11(12-4-2-3-5-13(12)21)24-14-6-7-22-19-16(14)23-9-25(19)20-18(27)17(26)15(34-20)8-33-36(31,32)10-35(28,29)30/h2-7,9,11,15,17-18,20,26-27H,8,10H2,1H3,(H,22,24)(H,31,32)(H2,28,29,30)/t11-,15+,17+,18+,20+/m0/s1. The average Bonchev–Trinajstić information content (AvgIpc) is 3.33. The van der Waals surface area contributed by atoms with Crippen molar-refractivity contribution >= 4 is 32.0 Å². The molecule has 0 spiro atoms. The topological polar surface area (TPSA) is 196 Å². The molecule has 0 bridgehead atoms. The molecule has 196 valence electrons. The summed E-state index contributed by atoms with van der Waals surface area (Å²) in [6.07, 6.45) is -2.76. The summed E-state index contributed by atoms with van der Waals surface area (Å²) in [4.78, 5) is 36.0. The number of halogens is 1. The number of nitrogens with zero attached hydrogens (tertiary/aromatic N) is 3. The average molecular weight is 546 g/mol. The van der Waals surface area contributed by atoms with Gasteiger partial charge in [-0.05, 0) is 19.1 Å².